The molecule has 2 aromatic rings. The molecule has 2 aliphatic rings. The minimum Gasteiger partial charge on any atom is -0.375 e. The molecule has 2 saturated heterocycles. The number of guanidine groups is 1. The molecule has 3 heterocycles. The normalized spacial score (nSPS) is 23.6. The number of benzene rings is 1. The highest BCUT2D eigenvalue weighted by atomic mass is 16.5. The first-order chi connectivity index (χ1) is 13.3. The summed E-state index contributed by atoms with van der Waals surface area (Å²) in [6.07, 6.45) is 4.06. The molecule has 1 aromatic carbocycles. The number of nitrogens with zero attached hydrogens (tertiary/aromatic N) is 4. The molecule has 4 rings (SSSR count). The van der Waals surface area contributed by atoms with E-state index in [1.807, 2.05) is 19.2 Å². The number of nitrogens with one attached hydrogen (secondary N) is 2. The van der Waals surface area contributed by atoms with E-state index < -0.39 is 0 Å². The molecule has 27 heavy (non-hydrogen) atoms. The summed E-state index contributed by atoms with van der Waals surface area (Å²) in [6, 6.07) is 8.25. The number of aromatic amines is 1. The summed E-state index contributed by atoms with van der Waals surface area (Å²) in [5, 5.41) is 10.3. The van der Waals surface area contributed by atoms with Gasteiger partial charge >= 0.3 is 0 Å². The van der Waals surface area contributed by atoms with E-state index in [-0.39, 0.29) is 12.2 Å². The smallest absolute Gasteiger partial charge is 0.194 e. The van der Waals surface area contributed by atoms with E-state index in [0.717, 1.165) is 55.4 Å². The van der Waals surface area contributed by atoms with E-state index in [1.165, 1.54) is 6.33 Å². The Kier molecular flexibility index (Phi) is 5.64. The molecule has 0 saturated carbocycles. The molecule has 0 radical (unpaired) electrons. The minimum absolute atomic E-state index is 0.120. The van der Waals surface area contributed by atoms with Crippen LogP contribution in [-0.2, 0) is 16.0 Å². The molecule has 2 fully saturated rings. The van der Waals surface area contributed by atoms with Gasteiger partial charge in [-0.2, -0.15) is 5.10 Å². The summed E-state index contributed by atoms with van der Waals surface area (Å²) in [4.78, 5) is 10.9. The average molecular weight is 370 g/mol. The molecule has 2 aliphatic heterocycles. The summed E-state index contributed by atoms with van der Waals surface area (Å²) < 4.78 is 11.7. The molecule has 0 spiro atoms. The molecular formula is C19H26N6O2. The summed E-state index contributed by atoms with van der Waals surface area (Å²) >= 11 is 0. The number of morpholine rings is 1. The fourth-order valence-electron chi connectivity index (χ4n) is 3.68. The van der Waals surface area contributed by atoms with Crippen molar-refractivity contribution in [2.75, 3.05) is 33.4 Å². The van der Waals surface area contributed by atoms with Gasteiger partial charge in [-0.1, -0.05) is 18.2 Å². The third-order valence-electron chi connectivity index (χ3n) is 5.05. The van der Waals surface area contributed by atoms with Crippen LogP contribution in [0.5, 0.6) is 0 Å². The summed E-state index contributed by atoms with van der Waals surface area (Å²) in [5.74, 6) is 1.67. The minimum atomic E-state index is 0.120. The highest BCUT2D eigenvalue weighted by Gasteiger charge is 2.32. The maximum Gasteiger partial charge on any atom is 0.194 e. The predicted molar refractivity (Wildman–Crippen MR) is 102 cm³/mol. The molecule has 0 aliphatic carbocycles. The van der Waals surface area contributed by atoms with Crippen molar-refractivity contribution in [1.29, 1.82) is 0 Å². The molecule has 2 N–H and O–H groups in total. The van der Waals surface area contributed by atoms with Crippen LogP contribution in [0.4, 0.5) is 0 Å². The van der Waals surface area contributed by atoms with E-state index in [9.17, 15) is 0 Å². The summed E-state index contributed by atoms with van der Waals surface area (Å²) in [5.41, 5.74) is 2.18. The maximum atomic E-state index is 5.94. The van der Waals surface area contributed by atoms with Crippen molar-refractivity contribution < 1.29 is 9.47 Å². The van der Waals surface area contributed by atoms with E-state index in [2.05, 4.69) is 42.5 Å². The Hall–Kier alpha value is -2.45. The molecule has 8 heteroatoms. The van der Waals surface area contributed by atoms with Gasteiger partial charge in [0, 0.05) is 38.9 Å². The van der Waals surface area contributed by atoms with Crippen LogP contribution >= 0.6 is 0 Å². The Morgan fingerprint density at radius 2 is 2.26 bits per heavy atom. The molecule has 0 amide bonds. The van der Waals surface area contributed by atoms with Gasteiger partial charge in [-0.05, 0) is 24.5 Å². The number of rotatable bonds is 4. The molecule has 144 valence electrons. The number of aliphatic imine (C=N–C) groups is 1. The zero-order chi connectivity index (χ0) is 18.5. The first-order valence-corrected chi connectivity index (χ1v) is 9.47. The molecule has 0 bridgehead atoms. The van der Waals surface area contributed by atoms with Crippen LogP contribution in [0.3, 0.4) is 0 Å². The molecule has 2 atom stereocenters. The average Bonchev–Trinajstić information content (AvgIpc) is 3.43. The fourth-order valence-corrected chi connectivity index (χ4v) is 3.68. The van der Waals surface area contributed by atoms with Crippen LogP contribution in [0.1, 0.15) is 18.4 Å². The second-order valence-electron chi connectivity index (χ2n) is 6.84. The number of ether oxygens (including phenoxy) is 2. The van der Waals surface area contributed by atoms with Gasteiger partial charge in [0.05, 0.1) is 12.7 Å². The molecule has 1 aromatic heterocycles. The van der Waals surface area contributed by atoms with Gasteiger partial charge in [-0.25, -0.2) is 4.98 Å². The Bertz CT molecular complexity index is 757. The van der Waals surface area contributed by atoms with Crippen molar-refractivity contribution in [2.45, 2.75) is 31.6 Å². The van der Waals surface area contributed by atoms with Crippen LogP contribution in [0.15, 0.2) is 35.6 Å². The SMILES string of the molecule is CN=C(NCc1cccc(-c2ncn[nH]2)c1)N1CCOC(C2CCCO2)C1. The highest BCUT2D eigenvalue weighted by Crippen LogP contribution is 2.21. The second kappa shape index (κ2) is 8.49. The van der Waals surface area contributed by atoms with E-state index >= 15 is 0 Å². The highest BCUT2D eigenvalue weighted by molar-refractivity contribution is 5.80. The van der Waals surface area contributed by atoms with Gasteiger partial charge in [-0.15, -0.1) is 0 Å². The number of hydrogen-bond acceptors (Lipinski definition) is 5. The third kappa shape index (κ3) is 4.28. The van der Waals surface area contributed by atoms with E-state index in [0.29, 0.717) is 13.2 Å². The fraction of sp³-hybridized carbons (Fsp3) is 0.526. The van der Waals surface area contributed by atoms with Crippen molar-refractivity contribution >= 4 is 5.96 Å². The number of aromatic nitrogens is 3. The first kappa shape index (κ1) is 17.9. The largest absolute Gasteiger partial charge is 0.375 e. The molecular weight excluding hydrogens is 344 g/mol. The Morgan fingerprint density at radius 1 is 1.33 bits per heavy atom. The topological polar surface area (TPSA) is 87.7 Å². The lowest BCUT2D eigenvalue weighted by molar-refractivity contribution is -0.0817. The van der Waals surface area contributed by atoms with Crippen LogP contribution in [0.25, 0.3) is 11.4 Å². The molecule has 8 nitrogen and oxygen atoms in total. The molecule has 2 unspecified atom stereocenters. The summed E-state index contributed by atoms with van der Waals surface area (Å²) in [7, 11) is 1.82. The number of H-pyrrole nitrogens is 1. The van der Waals surface area contributed by atoms with Gasteiger partial charge in [0.15, 0.2) is 11.8 Å². The van der Waals surface area contributed by atoms with Crippen molar-refractivity contribution in [3.63, 3.8) is 0 Å². The Balaban J connectivity index is 1.37. The lowest BCUT2D eigenvalue weighted by Crippen LogP contribution is -2.53. The quantitative estimate of drug-likeness (QED) is 0.625. The standard InChI is InChI=1S/C19H26N6O2/c1-20-19(25-7-9-27-17(12-25)16-6-3-8-26-16)21-11-14-4-2-5-15(10-14)18-22-13-23-24-18/h2,4-5,10,13,16-17H,3,6-9,11-12H2,1H3,(H,20,21)(H,22,23,24). The van der Waals surface area contributed by atoms with E-state index in [4.69, 9.17) is 9.47 Å². The van der Waals surface area contributed by atoms with Gasteiger partial charge < -0.3 is 19.7 Å². The third-order valence-corrected chi connectivity index (χ3v) is 5.05. The Morgan fingerprint density at radius 3 is 3.04 bits per heavy atom. The van der Waals surface area contributed by atoms with Crippen molar-refractivity contribution in [3.05, 3.63) is 36.2 Å². The second-order valence-corrected chi connectivity index (χ2v) is 6.84. The summed E-state index contributed by atoms with van der Waals surface area (Å²) in [6.45, 7) is 3.88. The van der Waals surface area contributed by atoms with Crippen molar-refractivity contribution in [1.82, 2.24) is 25.4 Å². The van der Waals surface area contributed by atoms with Crippen LogP contribution < -0.4 is 5.32 Å². The first-order valence-electron chi connectivity index (χ1n) is 9.47. The van der Waals surface area contributed by atoms with Crippen LogP contribution in [-0.4, -0.2) is 71.6 Å². The van der Waals surface area contributed by atoms with Crippen LogP contribution in [0, 0.1) is 0 Å². The lowest BCUT2D eigenvalue weighted by Gasteiger charge is -2.37. The maximum absolute atomic E-state index is 5.94. The van der Waals surface area contributed by atoms with Crippen molar-refractivity contribution in [3.8, 4) is 11.4 Å². The van der Waals surface area contributed by atoms with E-state index in [1.54, 1.807) is 0 Å². The van der Waals surface area contributed by atoms with Gasteiger partial charge in [0.1, 0.15) is 12.4 Å². The zero-order valence-electron chi connectivity index (χ0n) is 15.6. The van der Waals surface area contributed by atoms with Crippen molar-refractivity contribution in [2.24, 2.45) is 4.99 Å². The van der Waals surface area contributed by atoms with Gasteiger partial charge in [0.25, 0.3) is 0 Å². The lowest BCUT2D eigenvalue weighted by atomic mass is 10.1. The zero-order valence-corrected chi connectivity index (χ0v) is 15.6. The number of hydrogen-bond donors (Lipinski definition) is 2. The predicted octanol–water partition coefficient (Wildman–Crippen LogP) is 1.43. The van der Waals surface area contributed by atoms with Crippen LogP contribution in [0.2, 0.25) is 0 Å². The Labute approximate surface area is 159 Å². The monoisotopic (exact) mass is 370 g/mol. The van der Waals surface area contributed by atoms with Gasteiger partial charge in [-0.3, -0.25) is 10.1 Å². The van der Waals surface area contributed by atoms with Gasteiger partial charge in [0.2, 0.25) is 0 Å².